The lowest BCUT2D eigenvalue weighted by Crippen LogP contribution is -2.45. The Kier molecular flexibility index (Phi) is 65.9. The number of hydrogen-bond donors (Lipinski definition) is 3. The Bertz CT molecular complexity index is 1260. The zero-order chi connectivity index (χ0) is 56.4. The summed E-state index contributed by atoms with van der Waals surface area (Å²) in [5.41, 5.74) is 0. The van der Waals surface area contributed by atoms with Gasteiger partial charge < -0.3 is 20.3 Å². The van der Waals surface area contributed by atoms with E-state index in [1.54, 1.807) is 6.08 Å². The Morgan fingerprint density at radius 2 is 0.603 bits per heavy atom. The molecule has 3 N–H and O–H groups in total. The molecule has 0 aromatic rings. The van der Waals surface area contributed by atoms with Crippen molar-refractivity contribution < 1.29 is 24.5 Å². The predicted octanol–water partition coefficient (Wildman–Crippen LogP) is 22.7. The summed E-state index contributed by atoms with van der Waals surface area (Å²) < 4.78 is 5.49. The second-order valence-corrected chi connectivity index (χ2v) is 24.2. The predicted molar refractivity (Wildman–Crippen MR) is 343 cm³/mol. The Labute approximate surface area is 487 Å². The van der Waals surface area contributed by atoms with Gasteiger partial charge in [-0.2, -0.15) is 0 Å². The van der Waals surface area contributed by atoms with Crippen molar-refractivity contribution in [2.45, 2.75) is 398 Å². The van der Waals surface area contributed by atoms with Gasteiger partial charge in [0.15, 0.2) is 0 Å². The molecule has 6 heteroatoms. The lowest BCUT2D eigenvalue weighted by molar-refractivity contribution is -0.143. The van der Waals surface area contributed by atoms with Gasteiger partial charge in [0.25, 0.3) is 0 Å². The highest BCUT2D eigenvalue weighted by Crippen LogP contribution is 2.18. The fourth-order valence-electron chi connectivity index (χ4n) is 11.0. The highest BCUT2D eigenvalue weighted by molar-refractivity contribution is 5.76. The van der Waals surface area contributed by atoms with Gasteiger partial charge in [-0.05, 0) is 83.5 Å². The highest BCUT2D eigenvalue weighted by atomic mass is 16.5. The Morgan fingerprint density at radius 3 is 0.910 bits per heavy atom. The minimum Gasteiger partial charge on any atom is -0.466 e. The number of aliphatic hydroxyl groups is 2. The molecule has 0 radical (unpaired) electrons. The van der Waals surface area contributed by atoms with Gasteiger partial charge in [-0.15, -0.1) is 0 Å². The molecule has 0 saturated carbocycles. The Morgan fingerprint density at radius 1 is 0.346 bits per heavy atom. The SMILES string of the molecule is CCCCCCCC/C=C\CCCCCCCC(=O)OCCCCCCCCCCCCC/C=C\CCCCCCCCCC(=O)NC(CO)C(O)/C=C/CCCCCCCCCCCCCCCCCCCCCCCC. The van der Waals surface area contributed by atoms with E-state index < -0.39 is 12.1 Å². The molecular weight excluding hydrogens is 959 g/mol. The number of ether oxygens (including phenoxy) is 1. The maximum Gasteiger partial charge on any atom is 0.305 e. The molecule has 0 fully saturated rings. The number of nitrogens with one attached hydrogen (secondary N) is 1. The summed E-state index contributed by atoms with van der Waals surface area (Å²) in [6.45, 7) is 4.92. The summed E-state index contributed by atoms with van der Waals surface area (Å²) in [7, 11) is 0. The number of rotatable bonds is 66. The fourth-order valence-corrected chi connectivity index (χ4v) is 11.0. The molecule has 0 aliphatic carbocycles. The lowest BCUT2D eigenvalue weighted by atomic mass is 10.0. The first-order valence-electron chi connectivity index (χ1n) is 35.3. The molecule has 0 rings (SSSR count). The van der Waals surface area contributed by atoms with Crippen molar-refractivity contribution in [2.24, 2.45) is 0 Å². The van der Waals surface area contributed by atoms with Crippen LogP contribution in [-0.4, -0.2) is 47.4 Å². The number of carbonyl (C=O) groups excluding carboxylic acids is 2. The summed E-state index contributed by atoms with van der Waals surface area (Å²) in [4.78, 5) is 24.6. The van der Waals surface area contributed by atoms with E-state index in [0.29, 0.717) is 19.4 Å². The van der Waals surface area contributed by atoms with Crippen LogP contribution in [0.2, 0.25) is 0 Å². The summed E-state index contributed by atoms with van der Waals surface area (Å²) in [6, 6.07) is -0.635. The topological polar surface area (TPSA) is 95.9 Å². The van der Waals surface area contributed by atoms with Crippen LogP contribution < -0.4 is 5.32 Å². The third-order valence-electron chi connectivity index (χ3n) is 16.4. The van der Waals surface area contributed by atoms with Crippen molar-refractivity contribution in [2.75, 3.05) is 13.2 Å². The van der Waals surface area contributed by atoms with Gasteiger partial charge in [0.1, 0.15) is 0 Å². The van der Waals surface area contributed by atoms with Crippen molar-refractivity contribution in [3.8, 4) is 0 Å². The normalized spacial score (nSPS) is 12.7. The van der Waals surface area contributed by atoms with Crippen molar-refractivity contribution >= 4 is 11.9 Å². The average Bonchev–Trinajstić information content (AvgIpc) is 3.44. The second kappa shape index (κ2) is 67.6. The molecule has 78 heavy (non-hydrogen) atoms. The highest BCUT2D eigenvalue weighted by Gasteiger charge is 2.18. The van der Waals surface area contributed by atoms with Gasteiger partial charge in [-0.1, -0.05) is 326 Å². The molecule has 0 aliphatic heterocycles. The van der Waals surface area contributed by atoms with Crippen LogP contribution in [0.4, 0.5) is 0 Å². The number of amides is 1. The van der Waals surface area contributed by atoms with Gasteiger partial charge in [0, 0.05) is 12.8 Å². The lowest BCUT2D eigenvalue weighted by Gasteiger charge is -2.20. The van der Waals surface area contributed by atoms with E-state index in [1.807, 2.05) is 6.08 Å². The summed E-state index contributed by atoms with van der Waals surface area (Å²) in [6.07, 6.45) is 86.4. The van der Waals surface area contributed by atoms with Gasteiger partial charge in [-0.3, -0.25) is 9.59 Å². The monoisotopic (exact) mass is 1100 g/mol. The molecule has 2 unspecified atom stereocenters. The Balaban J connectivity index is 3.45. The van der Waals surface area contributed by atoms with Gasteiger partial charge in [0.05, 0.1) is 25.4 Å². The number of carbonyl (C=O) groups is 2. The van der Waals surface area contributed by atoms with Crippen molar-refractivity contribution in [1.29, 1.82) is 0 Å². The van der Waals surface area contributed by atoms with Crippen LogP contribution in [-0.2, 0) is 14.3 Å². The quantitative estimate of drug-likeness (QED) is 0.0320. The van der Waals surface area contributed by atoms with Crippen LogP contribution in [0, 0.1) is 0 Å². The largest absolute Gasteiger partial charge is 0.466 e. The third-order valence-corrected chi connectivity index (χ3v) is 16.4. The standard InChI is InChI=1S/C72H137NO5/c1-3-5-7-9-11-13-15-17-19-20-21-22-23-24-27-30-33-37-40-44-48-52-56-60-64-70(75)69(68-74)73-71(76)65-61-57-53-49-45-41-38-34-31-28-25-26-29-32-35-39-43-47-51-55-59-63-67-78-72(77)66-62-58-54-50-46-42-36-18-16-14-12-10-8-6-4-2/h18,28,31,36,60,64,69-70,74-75H,3-17,19-27,29-30,32-35,37-59,61-63,65-68H2,1-2H3,(H,73,76)/b31-28-,36-18-,64-60+. The third kappa shape index (κ3) is 63.3. The molecule has 0 bridgehead atoms. The van der Waals surface area contributed by atoms with Gasteiger partial charge in [-0.25, -0.2) is 0 Å². The first kappa shape index (κ1) is 76.1. The van der Waals surface area contributed by atoms with E-state index in [4.69, 9.17) is 4.74 Å². The minimum absolute atomic E-state index is 0.00203. The first-order chi connectivity index (χ1) is 38.5. The number of allylic oxidation sites excluding steroid dienone is 5. The summed E-state index contributed by atoms with van der Waals surface area (Å²) >= 11 is 0. The van der Waals surface area contributed by atoms with Crippen LogP contribution in [0.3, 0.4) is 0 Å². The molecule has 0 aliphatic rings. The molecular formula is C72H137NO5. The zero-order valence-corrected chi connectivity index (χ0v) is 52.7. The van der Waals surface area contributed by atoms with E-state index in [-0.39, 0.29) is 18.5 Å². The number of hydrogen-bond acceptors (Lipinski definition) is 5. The number of unbranched alkanes of at least 4 members (excludes halogenated alkanes) is 51. The number of aliphatic hydroxyl groups excluding tert-OH is 2. The van der Waals surface area contributed by atoms with Crippen LogP contribution in [0.15, 0.2) is 36.5 Å². The average molecular weight is 1100 g/mol. The number of esters is 1. The molecule has 0 saturated heterocycles. The van der Waals surface area contributed by atoms with Gasteiger partial charge in [0.2, 0.25) is 5.91 Å². The molecule has 460 valence electrons. The molecule has 0 spiro atoms. The summed E-state index contributed by atoms with van der Waals surface area (Å²) in [5, 5.41) is 23.3. The molecule has 0 aromatic heterocycles. The van der Waals surface area contributed by atoms with E-state index in [2.05, 4.69) is 43.5 Å². The van der Waals surface area contributed by atoms with Crippen LogP contribution >= 0.6 is 0 Å². The van der Waals surface area contributed by atoms with Gasteiger partial charge >= 0.3 is 5.97 Å². The molecule has 0 aromatic carbocycles. The van der Waals surface area contributed by atoms with Crippen molar-refractivity contribution in [3.05, 3.63) is 36.5 Å². The first-order valence-corrected chi connectivity index (χ1v) is 35.3. The van der Waals surface area contributed by atoms with Crippen LogP contribution in [0.25, 0.3) is 0 Å². The molecule has 0 heterocycles. The second-order valence-electron chi connectivity index (χ2n) is 24.2. The fraction of sp³-hybridized carbons (Fsp3) is 0.889. The maximum atomic E-state index is 12.5. The maximum absolute atomic E-state index is 12.5. The van der Waals surface area contributed by atoms with Crippen molar-refractivity contribution in [1.82, 2.24) is 5.32 Å². The van der Waals surface area contributed by atoms with E-state index >= 15 is 0 Å². The molecule has 6 nitrogen and oxygen atoms in total. The zero-order valence-electron chi connectivity index (χ0n) is 52.7. The minimum atomic E-state index is -0.851. The van der Waals surface area contributed by atoms with Crippen LogP contribution in [0.5, 0.6) is 0 Å². The van der Waals surface area contributed by atoms with E-state index in [0.717, 1.165) is 51.4 Å². The Hall–Kier alpha value is -1.92. The smallest absolute Gasteiger partial charge is 0.305 e. The molecule has 1 amide bonds. The van der Waals surface area contributed by atoms with E-state index in [9.17, 15) is 19.8 Å². The van der Waals surface area contributed by atoms with E-state index in [1.165, 1.54) is 308 Å². The van der Waals surface area contributed by atoms with Crippen LogP contribution in [0.1, 0.15) is 386 Å². The van der Waals surface area contributed by atoms with Crippen molar-refractivity contribution in [3.63, 3.8) is 0 Å². The summed E-state index contributed by atoms with van der Waals surface area (Å²) in [5.74, 6) is -0.0693. The molecule has 2 atom stereocenters.